The number of benzene rings is 1. The number of methoxy groups -OCH3 is 1. The van der Waals surface area contributed by atoms with Crippen LogP contribution < -0.4 is 4.74 Å². The lowest BCUT2D eigenvalue weighted by molar-refractivity contribution is 0.0553. The summed E-state index contributed by atoms with van der Waals surface area (Å²) in [6.45, 7) is 5.24. The number of fused-ring (bicyclic) bond motifs is 3. The number of carbonyl (C=O) groups excluding carboxylic acids is 1. The van der Waals surface area contributed by atoms with Crippen molar-refractivity contribution in [2.45, 2.75) is 32.1 Å². The van der Waals surface area contributed by atoms with Gasteiger partial charge in [0.2, 0.25) is 0 Å². The highest BCUT2D eigenvalue weighted by atomic mass is 32.1. The van der Waals surface area contributed by atoms with Crippen molar-refractivity contribution in [1.29, 1.82) is 0 Å². The smallest absolute Gasteiger partial charge is 0.271 e. The molecule has 29 heavy (non-hydrogen) atoms. The number of carbonyl (C=O) groups is 1. The Labute approximate surface area is 174 Å². The van der Waals surface area contributed by atoms with Gasteiger partial charge in [-0.15, -0.1) is 11.3 Å². The molecule has 0 spiro atoms. The lowest BCUT2D eigenvalue weighted by atomic mass is 10.1. The summed E-state index contributed by atoms with van der Waals surface area (Å²) < 4.78 is 7.43. The van der Waals surface area contributed by atoms with Crippen LogP contribution in [0.3, 0.4) is 0 Å². The monoisotopic (exact) mass is 408 g/mol. The Morgan fingerprint density at radius 2 is 1.93 bits per heavy atom. The molecule has 0 aliphatic carbocycles. The summed E-state index contributed by atoms with van der Waals surface area (Å²) in [7, 11) is 1.68. The Balaban J connectivity index is 1.39. The molecule has 5 rings (SSSR count). The maximum atomic E-state index is 13.2. The number of hydrogen-bond acceptors (Lipinski definition) is 5. The third-order valence-corrected chi connectivity index (χ3v) is 6.74. The van der Waals surface area contributed by atoms with Crippen molar-refractivity contribution in [2.75, 3.05) is 20.2 Å². The Hall–Kier alpha value is -2.64. The van der Waals surface area contributed by atoms with Gasteiger partial charge in [-0.3, -0.25) is 9.69 Å². The Morgan fingerprint density at radius 1 is 1.14 bits per heavy atom. The second-order valence-electron chi connectivity index (χ2n) is 7.77. The van der Waals surface area contributed by atoms with Crippen molar-refractivity contribution in [3.8, 4) is 5.75 Å². The number of likely N-dealkylation sites (tertiary alicyclic amines) is 1. The zero-order chi connectivity index (χ0) is 20.0. The fourth-order valence-corrected chi connectivity index (χ4v) is 5.16. The van der Waals surface area contributed by atoms with Gasteiger partial charge in [0.05, 0.1) is 36.4 Å². The molecule has 6 nitrogen and oxygen atoms in total. The number of aromatic nitrogens is 2. The van der Waals surface area contributed by atoms with Gasteiger partial charge < -0.3 is 14.2 Å². The fourth-order valence-electron chi connectivity index (χ4n) is 4.55. The molecule has 2 aliphatic heterocycles. The average Bonchev–Trinajstić information content (AvgIpc) is 3.45. The van der Waals surface area contributed by atoms with Crippen LogP contribution in [0.15, 0.2) is 48.0 Å². The summed E-state index contributed by atoms with van der Waals surface area (Å²) in [6.07, 6.45) is 2.05. The van der Waals surface area contributed by atoms with Crippen molar-refractivity contribution in [3.63, 3.8) is 0 Å². The van der Waals surface area contributed by atoms with Gasteiger partial charge in [-0.25, -0.2) is 4.98 Å². The zero-order valence-electron chi connectivity index (χ0n) is 16.6. The van der Waals surface area contributed by atoms with E-state index in [4.69, 9.17) is 4.74 Å². The lowest BCUT2D eigenvalue weighted by Crippen LogP contribution is -2.49. The first kappa shape index (κ1) is 18.4. The molecule has 1 fully saturated rings. The Kier molecular flexibility index (Phi) is 4.64. The normalized spacial score (nSPS) is 21.3. The molecule has 0 radical (unpaired) electrons. The standard InChI is InChI=1S/C22H24N4O2S/c1-15-23-17(14-29-15)11-26-21-13-24(10-16-5-7-18(28-2)8-6-16)12-20(21)25-9-3-4-19(25)22(26)27/h3-9,14,20-21H,10-13H2,1-2H3/t20-,21+/m0/s1. The van der Waals surface area contributed by atoms with Crippen LogP contribution in [0, 0.1) is 6.92 Å². The molecule has 0 N–H and O–H groups in total. The number of ether oxygens (including phenoxy) is 1. The number of rotatable bonds is 5. The summed E-state index contributed by atoms with van der Waals surface area (Å²) in [5.41, 5.74) is 3.02. The number of hydrogen-bond donors (Lipinski definition) is 0. The minimum atomic E-state index is 0.105. The molecule has 1 aromatic carbocycles. The minimum Gasteiger partial charge on any atom is -0.497 e. The number of nitrogens with zero attached hydrogens (tertiary/aromatic N) is 4. The van der Waals surface area contributed by atoms with Crippen LogP contribution in [0.4, 0.5) is 0 Å². The summed E-state index contributed by atoms with van der Waals surface area (Å²) in [5, 5.41) is 3.10. The van der Waals surface area contributed by atoms with E-state index in [2.05, 4.69) is 32.0 Å². The molecule has 3 aromatic rings. The van der Waals surface area contributed by atoms with E-state index in [0.717, 1.165) is 41.8 Å². The molecule has 2 atom stereocenters. The molecule has 0 unspecified atom stereocenters. The van der Waals surface area contributed by atoms with Gasteiger partial charge in [0.25, 0.3) is 5.91 Å². The van der Waals surface area contributed by atoms with Crippen molar-refractivity contribution >= 4 is 17.2 Å². The van der Waals surface area contributed by atoms with Crippen LogP contribution in [0.5, 0.6) is 5.75 Å². The molecular weight excluding hydrogens is 384 g/mol. The Bertz CT molecular complexity index is 1030. The molecular formula is C22H24N4O2S. The van der Waals surface area contributed by atoms with Gasteiger partial charge in [-0.05, 0) is 36.8 Å². The average molecular weight is 409 g/mol. The highest BCUT2D eigenvalue weighted by Crippen LogP contribution is 2.35. The molecule has 150 valence electrons. The van der Waals surface area contributed by atoms with Crippen LogP contribution in [0.25, 0.3) is 0 Å². The summed E-state index contributed by atoms with van der Waals surface area (Å²) >= 11 is 1.64. The molecule has 4 heterocycles. The number of thiazole rings is 1. The van der Waals surface area contributed by atoms with Crippen LogP contribution >= 0.6 is 11.3 Å². The predicted octanol–water partition coefficient (Wildman–Crippen LogP) is 3.34. The van der Waals surface area contributed by atoms with E-state index in [1.807, 2.05) is 42.3 Å². The second-order valence-corrected chi connectivity index (χ2v) is 8.83. The summed E-state index contributed by atoms with van der Waals surface area (Å²) in [6, 6.07) is 12.6. The van der Waals surface area contributed by atoms with Crippen LogP contribution in [0.1, 0.15) is 32.8 Å². The maximum absolute atomic E-state index is 13.2. The van der Waals surface area contributed by atoms with Crippen molar-refractivity contribution in [2.24, 2.45) is 0 Å². The zero-order valence-corrected chi connectivity index (χ0v) is 17.4. The van der Waals surface area contributed by atoms with Crippen LogP contribution in [0.2, 0.25) is 0 Å². The van der Waals surface area contributed by atoms with Gasteiger partial charge in [0, 0.05) is 31.2 Å². The molecule has 1 saturated heterocycles. The molecule has 0 bridgehead atoms. The van der Waals surface area contributed by atoms with E-state index < -0.39 is 0 Å². The van der Waals surface area contributed by atoms with E-state index in [-0.39, 0.29) is 18.0 Å². The third-order valence-electron chi connectivity index (χ3n) is 5.92. The number of aryl methyl sites for hydroxylation is 1. The van der Waals surface area contributed by atoms with E-state index in [0.29, 0.717) is 6.54 Å². The molecule has 0 saturated carbocycles. The quantitative estimate of drug-likeness (QED) is 0.650. The first-order valence-electron chi connectivity index (χ1n) is 9.86. The second kappa shape index (κ2) is 7.31. The van der Waals surface area contributed by atoms with Gasteiger partial charge in [-0.1, -0.05) is 12.1 Å². The van der Waals surface area contributed by atoms with E-state index >= 15 is 0 Å². The Morgan fingerprint density at radius 3 is 2.66 bits per heavy atom. The van der Waals surface area contributed by atoms with E-state index in [1.54, 1.807) is 18.4 Å². The summed E-state index contributed by atoms with van der Waals surface area (Å²) in [5.74, 6) is 0.976. The topological polar surface area (TPSA) is 50.6 Å². The summed E-state index contributed by atoms with van der Waals surface area (Å²) in [4.78, 5) is 22.3. The van der Waals surface area contributed by atoms with E-state index in [1.165, 1.54) is 5.56 Å². The minimum absolute atomic E-state index is 0.105. The fraction of sp³-hybridized carbons (Fsp3) is 0.364. The van der Waals surface area contributed by atoms with Crippen molar-refractivity contribution < 1.29 is 9.53 Å². The SMILES string of the molecule is COc1ccc(CN2C[C@@H]3[C@H](C2)n2cccc2C(=O)N3Cc2csc(C)n2)cc1. The third kappa shape index (κ3) is 3.34. The predicted molar refractivity (Wildman–Crippen MR) is 112 cm³/mol. The van der Waals surface area contributed by atoms with Crippen molar-refractivity contribution in [1.82, 2.24) is 19.4 Å². The number of amides is 1. The van der Waals surface area contributed by atoms with Crippen molar-refractivity contribution in [3.05, 3.63) is 69.9 Å². The van der Waals surface area contributed by atoms with Gasteiger partial charge in [0.15, 0.2) is 0 Å². The van der Waals surface area contributed by atoms with Crippen LogP contribution in [-0.4, -0.2) is 51.5 Å². The largest absolute Gasteiger partial charge is 0.497 e. The molecule has 1 amide bonds. The van der Waals surface area contributed by atoms with Crippen LogP contribution in [-0.2, 0) is 13.1 Å². The lowest BCUT2D eigenvalue weighted by Gasteiger charge is -2.38. The van der Waals surface area contributed by atoms with Gasteiger partial charge in [0.1, 0.15) is 11.4 Å². The van der Waals surface area contributed by atoms with Gasteiger partial charge in [-0.2, -0.15) is 0 Å². The molecule has 2 aromatic heterocycles. The van der Waals surface area contributed by atoms with E-state index in [9.17, 15) is 4.79 Å². The first-order chi connectivity index (χ1) is 14.1. The highest BCUT2D eigenvalue weighted by molar-refractivity contribution is 7.09. The molecule has 7 heteroatoms. The molecule has 2 aliphatic rings. The first-order valence-corrected chi connectivity index (χ1v) is 10.7. The highest BCUT2D eigenvalue weighted by Gasteiger charge is 2.44. The van der Waals surface area contributed by atoms with Gasteiger partial charge >= 0.3 is 0 Å². The maximum Gasteiger partial charge on any atom is 0.271 e.